The third-order valence-electron chi connectivity index (χ3n) is 5.86. The van der Waals surface area contributed by atoms with E-state index in [0.29, 0.717) is 30.3 Å². The van der Waals surface area contributed by atoms with Gasteiger partial charge in [0, 0.05) is 31.1 Å². The fraction of sp³-hybridized carbons (Fsp3) is 0.231. The van der Waals surface area contributed by atoms with Crippen LogP contribution in [0, 0.1) is 0 Å². The first-order valence-corrected chi connectivity index (χ1v) is 11.3. The van der Waals surface area contributed by atoms with Crippen LogP contribution < -0.4 is 9.64 Å². The predicted octanol–water partition coefficient (Wildman–Crippen LogP) is 5.68. The van der Waals surface area contributed by atoms with Gasteiger partial charge in [0.2, 0.25) is 5.91 Å². The van der Waals surface area contributed by atoms with Crippen molar-refractivity contribution in [1.82, 2.24) is 9.55 Å². The van der Waals surface area contributed by atoms with E-state index >= 15 is 0 Å². The summed E-state index contributed by atoms with van der Waals surface area (Å²) in [5, 5.41) is 0.617. The molecule has 1 atom stereocenters. The summed E-state index contributed by atoms with van der Waals surface area (Å²) in [6, 6.07) is 25.5. The first kappa shape index (κ1) is 20.6. The van der Waals surface area contributed by atoms with Gasteiger partial charge in [0.05, 0.1) is 22.7 Å². The minimum atomic E-state index is 0.0552. The summed E-state index contributed by atoms with van der Waals surface area (Å²) in [5.41, 5.74) is 2.99. The molecule has 4 aromatic rings. The molecule has 0 bridgehead atoms. The van der Waals surface area contributed by atoms with Crippen LogP contribution in [-0.4, -0.2) is 28.6 Å². The van der Waals surface area contributed by atoms with Gasteiger partial charge in [0.25, 0.3) is 0 Å². The number of anilines is 1. The summed E-state index contributed by atoms with van der Waals surface area (Å²) in [6.07, 6.45) is 1.27. The highest BCUT2D eigenvalue weighted by Gasteiger charge is 2.34. The number of carbonyl (C=O) groups excluding carboxylic acids is 1. The Balaban J connectivity index is 1.35. The largest absolute Gasteiger partial charge is 0.492 e. The number of amides is 1. The van der Waals surface area contributed by atoms with Crippen molar-refractivity contribution in [3.8, 4) is 5.75 Å². The average Bonchev–Trinajstić information content (AvgIpc) is 3.39. The van der Waals surface area contributed by atoms with Crippen LogP contribution in [0.25, 0.3) is 11.0 Å². The molecule has 5 nitrogen and oxygen atoms in total. The van der Waals surface area contributed by atoms with Crippen LogP contribution in [0.4, 0.5) is 5.69 Å². The van der Waals surface area contributed by atoms with Crippen molar-refractivity contribution >= 4 is 34.2 Å². The van der Waals surface area contributed by atoms with E-state index in [0.717, 1.165) is 35.5 Å². The molecule has 6 heteroatoms. The molecular weight excluding hydrogens is 422 g/mol. The van der Waals surface area contributed by atoms with Crippen LogP contribution in [0.5, 0.6) is 5.75 Å². The lowest BCUT2D eigenvalue weighted by molar-refractivity contribution is -0.117. The lowest BCUT2D eigenvalue weighted by Gasteiger charge is -2.17. The van der Waals surface area contributed by atoms with Crippen molar-refractivity contribution in [3.63, 3.8) is 0 Å². The summed E-state index contributed by atoms with van der Waals surface area (Å²) < 4.78 is 8.12. The first-order valence-electron chi connectivity index (χ1n) is 10.9. The van der Waals surface area contributed by atoms with Crippen molar-refractivity contribution in [2.75, 3.05) is 18.1 Å². The number of benzene rings is 3. The second kappa shape index (κ2) is 9.05. The summed E-state index contributed by atoms with van der Waals surface area (Å²) in [6.45, 7) is 1.95. The molecule has 0 aliphatic carbocycles. The van der Waals surface area contributed by atoms with Crippen molar-refractivity contribution in [3.05, 3.63) is 89.7 Å². The SMILES string of the molecule is O=C1CC(c2nc3ccccc3n2CCCOc2ccccc2Cl)CN1c1ccccc1. The van der Waals surface area contributed by atoms with Crippen molar-refractivity contribution in [2.45, 2.75) is 25.3 Å². The molecule has 1 aliphatic rings. The summed E-state index contributed by atoms with van der Waals surface area (Å²) in [5.74, 6) is 1.86. The minimum Gasteiger partial charge on any atom is -0.492 e. The molecule has 0 radical (unpaired) electrons. The number of ether oxygens (including phenoxy) is 1. The summed E-state index contributed by atoms with van der Waals surface area (Å²) in [4.78, 5) is 19.6. The molecule has 1 fully saturated rings. The van der Waals surface area contributed by atoms with E-state index in [-0.39, 0.29) is 11.8 Å². The molecule has 1 aliphatic heterocycles. The standard InChI is InChI=1S/C26H24ClN3O2/c27-21-11-4-7-14-24(21)32-16-8-15-29-23-13-6-5-12-22(23)28-26(29)19-17-25(31)30(18-19)20-9-2-1-3-10-20/h1-7,9-14,19H,8,15-18H2. The molecule has 1 saturated heterocycles. The van der Waals surface area contributed by atoms with Crippen LogP contribution in [-0.2, 0) is 11.3 Å². The molecule has 0 saturated carbocycles. The number of rotatable bonds is 7. The van der Waals surface area contributed by atoms with Gasteiger partial charge in [-0.25, -0.2) is 4.98 Å². The molecule has 2 heterocycles. The third-order valence-corrected chi connectivity index (χ3v) is 6.17. The van der Waals surface area contributed by atoms with E-state index in [1.54, 1.807) is 0 Å². The number of para-hydroxylation sites is 4. The lowest BCUT2D eigenvalue weighted by Crippen LogP contribution is -2.24. The maximum Gasteiger partial charge on any atom is 0.227 e. The molecule has 1 amide bonds. The van der Waals surface area contributed by atoms with Gasteiger partial charge < -0.3 is 14.2 Å². The second-order valence-corrected chi connectivity index (χ2v) is 8.39. The number of nitrogens with zero attached hydrogens (tertiary/aromatic N) is 3. The number of imidazole rings is 1. The Morgan fingerprint density at radius 2 is 1.72 bits per heavy atom. The van der Waals surface area contributed by atoms with Gasteiger partial charge in [-0.15, -0.1) is 0 Å². The highest BCUT2D eigenvalue weighted by Crippen LogP contribution is 2.33. The Hall–Kier alpha value is -3.31. The van der Waals surface area contributed by atoms with Crippen molar-refractivity contribution in [1.29, 1.82) is 0 Å². The Morgan fingerprint density at radius 3 is 2.56 bits per heavy atom. The quantitative estimate of drug-likeness (QED) is 0.344. The normalized spacial score (nSPS) is 16.1. The van der Waals surface area contributed by atoms with E-state index in [1.807, 2.05) is 77.7 Å². The van der Waals surface area contributed by atoms with E-state index in [4.69, 9.17) is 21.3 Å². The number of hydrogen-bond acceptors (Lipinski definition) is 3. The van der Waals surface area contributed by atoms with Crippen LogP contribution in [0.2, 0.25) is 5.02 Å². The number of hydrogen-bond donors (Lipinski definition) is 0. The van der Waals surface area contributed by atoms with Gasteiger partial charge in [-0.3, -0.25) is 4.79 Å². The Kier molecular flexibility index (Phi) is 5.82. The molecule has 0 spiro atoms. The molecule has 32 heavy (non-hydrogen) atoms. The fourth-order valence-electron chi connectivity index (χ4n) is 4.35. The monoisotopic (exact) mass is 445 g/mol. The zero-order chi connectivity index (χ0) is 21.9. The van der Waals surface area contributed by atoms with Crippen LogP contribution in [0.1, 0.15) is 24.6 Å². The number of carbonyl (C=O) groups is 1. The minimum absolute atomic E-state index is 0.0552. The molecule has 162 valence electrons. The molecule has 0 N–H and O–H groups in total. The lowest BCUT2D eigenvalue weighted by atomic mass is 10.1. The maximum absolute atomic E-state index is 12.8. The van der Waals surface area contributed by atoms with Crippen molar-refractivity contribution in [2.24, 2.45) is 0 Å². The fourth-order valence-corrected chi connectivity index (χ4v) is 4.54. The molecule has 1 aromatic heterocycles. The number of aryl methyl sites for hydroxylation is 1. The van der Waals surface area contributed by atoms with Gasteiger partial charge in [0.15, 0.2) is 0 Å². The van der Waals surface area contributed by atoms with Gasteiger partial charge in [0.1, 0.15) is 11.6 Å². The van der Waals surface area contributed by atoms with Crippen LogP contribution >= 0.6 is 11.6 Å². The maximum atomic E-state index is 12.8. The second-order valence-electron chi connectivity index (χ2n) is 7.98. The average molecular weight is 446 g/mol. The summed E-state index contributed by atoms with van der Waals surface area (Å²) in [7, 11) is 0. The molecule has 1 unspecified atom stereocenters. The molecule has 3 aromatic carbocycles. The predicted molar refractivity (Wildman–Crippen MR) is 127 cm³/mol. The number of halogens is 1. The highest BCUT2D eigenvalue weighted by atomic mass is 35.5. The van der Waals surface area contributed by atoms with Gasteiger partial charge in [-0.05, 0) is 42.8 Å². The topological polar surface area (TPSA) is 47.4 Å². The van der Waals surface area contributed by atoms with Crippen LogP contribution in [0.15, 0.2) is 78.9 Å². The van der Waals surface area contributed by atoms with Crippen molar-refractivity contribution < 1.29 is 9.53 Å². The number of aromatic nitrogens is 2. The van der Waals surface area contributed by atoms with Crippen LogP contribution in [0.3, 0.4) is 0 Å². The first-order chi connectivity index (χ1) is 15.7. The zero-order valence-corrected chi connectivity index (χ0v) is 18.4. The smallest absolute Gasteiger partial charge is 0.227 e. The third kappa shape index (κ3) is 4.08. The molecule has 5 rings (SSSR count). The highest BCUT2D eigenvalue weighted by molar-refractivity contribution is 6.32. The van der Waals surface area contributed by atoms with Gasteiger partial charge in [-0.1, -0.05) is 54.1 Å². The summed E-state index contributed by atoms with van der Waals surface area (Å²) >= 11 is 6.19. The Morgan fingerprint density at radius 1 is 0.969 bits per heavy atom. The van der Waals surface area contributed by atoms with E-state index < -0.39 is 0 Å². The zero-order valence-electron chi connectivity index (χ0n) is 17.7. The van der Waals surface area contributed by atoms with Gasteiger partial charge >= 0.3 is 0 Å². The van der Waals surface area contributed by atoms with Gasteiger partial charge in [-0.2, -0.15) is 0 Å². The Bertz CT molecular complexity index is 1240. The van der Waals surface area contributed by atoms with E-state index in [1.165, 1.54) is 0 Å². The van der Waals surface area contributed by atoms with E-state index in [9.17, 15) is 4.79 Å². The Labute approximate surface area is 192 Å². The number of fused-ring (bicyclic) bond motifs is 1. The van der Waals surface area contributed by atoms with E-state index in [2.05, 4.69) is 10.6 Å². The molecular formula is C26H24ClN3O2.